The van der Waals surface area contributed by atoms with Crippen molar-refractivity contribution in [2.24, 2.45) is 5.92 Å². The predicted molar refractivity (Wildman–Crippen MR) is 87.4 cm³/mol. The van der Waals surface area contributed by atoms with Gasteiger partial charge in [-0.1, -0.05) is 66.7 Å². The van der Waals surface area contributed by atoms with Crippen molar-refractivity contribution in [3.63, 3.8) is 0 Å². The number of ketones is 1. The van der Waals surface area contributed by atoms with Crippen LogP contribution in [0.5, 0.6) is 0 Å². The lowest BCUT2D eigenvalue weighted by atomic mass is 9.93. The minimum atomic E-state index is -0.733. The zero-order valence-electron chi connectivity index (χ0n) is 12.4. The van der Waals surface area contributed by atoms with Gasteiger partial charge >= 0.3 is 0 Å². The van der Waals surface area contributed by atoms with E-state index in [1.807, 2.05) is 36.4 Å². The lowest BCUT2D eigenvalue weighted by Gasteiger charge is -2.14. The number of carbonyl (C=O) groups excluding carboxylic acids is 2. The summed E-state index contributed by atoms with van der Waals surface area (Å²) in [5.41, 5.74) is 1.55. The lowest BCUT2D eigenvalue weighted by molar-refractivity contribution is -0.123. The Morgan fingerprint density at radius 1 is 1.00 bits per heavy atom. The molecule has 0 fully saturated rings. The minimum Gasteiger partial charge on any atom is -0.351 e. The summed E-state index contributed by atoms with van der Waals surface area (Å²) in [6.45, 7) is 4.06. The molecule has 1 atom stereocenters. The fourth-order valence-corrected chi connectivity index (χ4v) is 2.21. The lowest BCUT2D eigenvalue weighted by Crippen LogP contribution is -2.34. The van der Waals surface area contributed by atoms with Gasteiger partial charge in [-0.3, -0.25) is 9.59 Å². The van der Waals surface area contributed by atoms with Crippen molar-refractivity contribution >= 4 is 11.7 Å². The molecule has 2 aromatic carbocycles. The van der Waals surface area contributed by atoms with Crippen molar-refractivity contribution in [2.75, 3.05) is 0 Å². The number of nitrogens with one attached hydrogen (secondary N) is 1. The molecule has 22 heavy (non-hydrogen) atoms. The molecule has 2 rings (SSSR count). The molecule has 2 aromatic rings. The van der Waals surface area contributed by atoms with Crippen LogP contribution >= 0.6 is 0 Å². The van der Waals surface area contributed by atoms with Crippen LogP contribution in [-0.2, 0) is 11.3 Å². The highest BCUT2D eigenvalue weighted by Crippen LogP contribution is 2.14. The molecule has 0 aliphatic heterocycles. The van der Waals surface area contributed by atoms with Crippen molar-refractivity contribution in [3.05, 3.63) is 84.4 Å². The SMILES string of the molecule is C=CCC(C(=O)NCc1ccccc1)C(=O)c1ccccc1. The van der Waals surface area contributed by atoms with Gasteiger partial charge < -0.3 is 5.32 Å². The van der Waals surface area contributed by atoms with E-state index in [4.69, 9.17) is 0 Å². The van der Waals surface area contributed by atoms with E-state index in [-0.39, 0.29) is 11.7 Å². The third-order valence-electron chi connectivity index (χ3n) is 3.40. The first-order chi connectivity index (χ1) is 10.7. The normalized spacial score (nSPS) is 11.5. The zero-order chi connectivity index (χ0) is 15.8. The second-order valence-corrected chi connectivity index (χ2v) is 5.01. The van der Waals surface area contributed by atoms with Crippen molar-refractivity contribution in [2.45, 2.75) is 13.0 Å². The number of hydrogen-bond acceptors (Lipinski definition) is 2. The summed E-state index contributed by atoms with van der Waals surface area (Å²) in [5, 5.41) is 2.83. The van der Waals surface area contributed by atoms with E-state index in [1.165, 1.54) is 0 Å². The van der Waals surface area contributed by atoms with Crippen molar-refractivity contribution in [1.29, 1.82) is 0 Å². The van der Waals surface area contributed by atoms with Gasteiger partial charge in [0.05, 0.1) is 0 Å². The molecule has 3 heteroatoms. The minimum absolute atomic E-state index is 0.175. The number of hydrogen-bond donors (Lipinski definition) is 1. The van der Waals surface area contributed by atoms with Gasteiger partial charge in [0.25, 0.3) is 0 Å². The zero-order valence-corrected chi connectivity index (χ0v) is 12.4. The average molecular weight is 293 g/mol. The van der Waals surface area contributed by atoms with Gasteiger partial charge in [-0.15, -0.1) is 6.58 Å². The summed E-state index contributed by atoms with van der Waals surface area (Å²) in [6, 6.07) is 18.5. The Morgan fingerprint density at radius 3 is 2.18 bits per heavy atom. The first kappa shape index (κ1) is 15.7. The number of carbonyl (C=O) groups is 2. The smallest absolute Gasteiger partial charge is 0.231 e. The standard InChI is InChI=1S/C19H19NO2/c1-2-9-17(18(21)16-12-7-4-8-13-16)19(22)20-14-15-10-5-3-6-11-15/h2-8,10-13,17H,1,9,14H2,(H,20,22). The van der Waals surface area contributed by atoms with Crippen molar-refractivity contribution in [1.82, 2.24) is 5.32 Å². The number of allylic oxidation sites excluding steroid dienone is 1. The first-order valence-corrected chi connectivity index (χ1v) is 7.24. The molecule has 0 spiro atoms. The van der Waals surface area contributed by atoms with E-state index in [2.05, 4.69) is 11.9 Å². The van der Waals surface area contributed by atoms with E-state index in [1.54, 1.807) is 30.3 Å². The van der Waals surface area contributed by atoms with Gasteiger partial charge in [0, 0.05) is 12.1 Å². The molecule has 112 valence electrons. The van der Waals surface area contributed by atoms with Gasteiger partial charge in [-0.2, -0.15) is 0 Å². The van der Waals surface area contributed by atoms with E-state index in [0.29, 0.717) is 18.5 Å². The molecule has 0 saturated heterocycles. The molecular formula is C19H19NO2. The van der Waals surface area contributed by atoms with Gasteiger partial charge in [0.2, 0.25) is 5.91 Å². The van der Waals surface area contributed by atoms with Crippen LogP contribution in [0.3, 0.4) is 0 Å². The molecule has 1 unspecified atom stereocenters. The van der Waals surface area contributed by atoms with Crippen molar-refractivity contribution < 1.29 is 9.59 Å². The van der Waals surface area contributed by atoms with E-state index >= 15 is 0 Å². The molecule has 0 heterocycles. The Kier molecular flexibility index (Phi) is 5.66. The van der Waals surface area contributed by atoms with Crippen LogP contribution in [0.25, 0.3) is 0 Å². The van der Waals surface area contributed by atoms with Crippen LogP contribution in [-0.4, -0.2) is 11.7 Å². The Morgan fingerprint density at radius 2 is 1.59 bits per heavy atom. The second kappa shape index (κ2) is 7.93. The summed E-state index contributed by atoms with van der Waals surface area (Å²) in [7, 11) is 0. The Hall–Kier alpha value is -2.68. The van der Waals surface area contributed by atoms with Crippen LogP contribution < -0.4 is 5.32 Å². The molecule has 0 aliphatic rings. The van der Waals surface area contributed by atoms with Gasteiger partial charge in [0.15, 0.2) is 5.78 Å². The topological polar surface area (TPSA) is 46.2 Å². The molecule has 0 bridgehead atoms. The quantitative estimate of drug-likeness (QED) is 0.483. The van der Waals surface area contributed by atoms with Gasteiger partial charge in [-0.25, -0.2) is 0 Å². The number of amides is 1. The monoisotopic (exact) mass is 293 g/mol. The first-order valence-electron chi connectivity index (χ1n) is 7.24. The predicted octanol–water partition coefficient (Wildman–Crippen LogP) is 3.38. The summed E-state index contributed by atoms with van der Waals surface area (Å²) < 4.78 is 0. The largest absolute Gasteiger partial charge is 0.351 e. The maximum Gasteiger partial charge on any atom is 0.231 e. The molecule has 0 aliphatic carbocycles. The highest BCUT2D eigenvalue weighted by atomic mass is 16.2. The molecule has 0 radical (unpaired) electrons. The number of rotatable bonds is 7. The summed E-state index contributed by atoms with van der Waals surface area (Å²) in [5.74, 6) is -1.17. The fraction of sp³-hybridized carbons (Fsp3) is 0.158. The highest BCUT2D eigenvalue weighted by molar-refractivity contribution is 6.10. The summed E-state index contributed by atoms with van der Waals surface area (Å²) in [4.78, 5) is 24.8. The molecule has 1 amide bonds. The number of Topliss-reactive ketones (excluding diaryl/α,β-unsaturated/α-hetero) is 1. The molecular weight excluding hydrogens is 274 g/mol. The van der Waals surface area contributed by atoms with Crippen molar-refractivity contribution in [3.8, 4) is 0 Å². The van der Waals surface area contributed by atoms with Crippen LogP contribution in [0, 0.1) is 5.92 Å². The van der Waals surface area contributed by atoms with Gasteiger partial charge in [-0.05, 0) is 12.0 Å². The highest BCUT2D eigenvalue weighted by Gasteiger charge is 2.25. The van der Waals surface area contributed by atoms with Crippen LogP contribution in [0.1, 0.15) is 22.3 Å². The molecule has 0 aromatic heterocycles. The number of benzene rings is 2. The van der Waals surface area contributed by atoms with E-state index in [9.17, 15) is 9.59 Å². The molecule has 1 N–H and O–H groups in total. The molecule has 0 saturated carbocycles. The van der Waals surface area contributed by atoms with E-state index in [0.717, 1.165) is 5.56 Å². The third-order valence-corrected chi connectivity index (χ3v) is 3.40. The summed E-state index contributed by atoms with van der Waals surface area (Å²) in [6.07, 6.45) is 1.93. The Balaban J connectivity index is 2.05. The van der Waals surface area contributed by atoms with E-state index < -0.39 is 5.92 Å². The van der Waals surface area contributed by atoms with Crippen LogP contribution in [0.4, 0.5) is 0 Å². The molecule has 3 nitrogen and oxygen atoms in total. The Bertz CT molecular complexity index is 635. The average Bonchev–Trinajstić information content (AvgIpc) is 2.58. The Labute approximate surface area is 130 Å². The van der Waals surface area contributed by atoms with Gasteiger partial charge in [0.1, 0.15) is 5.92 Å². The second-order valence-electron chi connectivity index (χ2n) is 5.01. The maximum atomic E-state index is 12.5. The fourth-order valence-electron chi connectivity index (χ4n) is 2.21. The third kappa shape index (κ3) is 4.16. The van der Waals surface area contributed by atoms with Crippen LogP contribution in [0.15, 0.2) is 73.3 Å². The van der Waals surface area contributed by atoms with Crippen LogP contribution in [0.2, 0.25) is 0 Å². The maximum absolute atomic E-state index is 12.5. The summed E-state index contributed by atoms with van der Waals surface area (Å²) >= 11 is 0.